The van der Waals surface area contributed by atoms with Gasteiger partial charge in [0, 0.05) is 12.2 Å². The van der Waals surface area contributed by atoms with Crippen LogP contribution in [0.5, 0.6) is 0 Å². The van der Waals surface area contributed by atoms with E-state index in [1.807, 2.05) is 37.3 Å². The second kappa shape index (κ2) is 5.60. The molecule has 0 saturated heterocycles. The first-order chi connectivity index (χ1) is 6.29. The van der Waals surface area contributed by atoms with Gasteiger partial charge in [0.2, 0.25) is 0 Å². The topological polar surface area (TPSA) is 32.3 Å². The molecule has 0 spiro atoms. The summed E-state index contributed by atoms with van der Waals surface area (Å²) in [6, 6.07) is 10.1. The summed E-state index contributed by atoms with van der Waals surface area (Å²) < 4.78 is 0. The Kier molecular flexibility index (Phi) is 4.33. The third kappa shape index (κ3) is 4.53. The molecule has 0 fully saturated rings. The van der Waals surface area contributed by atoms with Crippen molar-refractivity contribution in [2.75, 3.05) is 11.9 Å². The zero-order valence-corrected chi connectivity index (χ0v) is 8.03. The number of para-hydroxylation sites is 1. The van der Waals surface area contributed by atoms with Gasteiger partial charge in [0.1, 0.15) is 0 Å². The lowest BCUT2D eigenvalue weighted by Gasteiger charge is -2.06. The highest BCUT2D eigenvalue weighted by Gasteiger charge is 1.94. The summed E-state index contributed by atoms with van der Waals surface area (Å²) in [6.45, 7) is 2.75. The van der Waals surface area contributed by atoms with Gasteiger partial charge in [-0.1, -0.05) is 18.2 Å². The molecule has 0 aliphatic rings. The van der Waals surface area contributed by atoms with Crippen molar-refractivity contribution >= 4 is 5.69 Å². The van der Waals surface area contributed by atoms with Crippen molar-refractivity contribution < 1.29 is 5.11 Å². The quantitative estimate of drug-likeness (QED) is 0.679. The summed E-state index contributed by atoms with van der Waals surface area (Å²) in [7, 11) is 0. The Bertz CT molecular complexity index is 221. The van der Waals surface area contributed by atoms with Gasteiger partial charge in [0.15, 0.2) is 0 Å². The molecular formula is C11H17NO. The minimum atomic E-state index is -0.183. The van der Waals surface area contributed by atoms with Gasteiger partial charge in [-0.15, -0.1) is 0 Å². The molecule has 0 aliphatic carbocycles. The Hall–Kier alpha value is -1.02. The molecule has 2 N–H and O–H groups in total. The molecule has 0 bridgehead atoms. The first-order valence-electron chi connectivity index (χ1n) is 4.76. The Morgan fingerprint density at radius 2 is 2.00 bits per heavy atom. The maximum absolute atomic E-state index is 9.02. The molecule has 2 nitrogen and oxygen atoms in total. The number of hydrogen-bond donors (Lipinski definition) is 2. The molecule has 1 rings (SSSR count). The lowest BCUT2D eigenvalue weighted by atomic mass is 10.2. The highest BCUT2D eigenvalue weighted by Crippen LogP contribution is 2.05. The molecule has 72 valence electrons. The standard InChI is InChI=1S/C11H17NO/c1-10(13)6-5-9-12-11-7-3-2-4-8-11/h2-4,7-8,10,12-13H,5-6,9H2,1H3. The zero-order valence-electron chi connectivity index (χ0n) is 8.03. The fourth-order valence-electron chi connectivity index (χ4n) is 1.19. The molecule has 2 heteroatoms. The van der Waals surface area contributed by atoms with Crippen molar-refractivity contribution in [1.29, 1.82) is 0 Å². The van der Waals surface area contributed by atoms with Crippen molar-refractivity contribution in [2.45, 2.75) is 25.9 Å². The maximum Gasteiger partial charge on any atom is 0.0512 e. The molecule has 13 heavy (non-hydrogen) atoms. The summed E-state index contributed by atoms with van der Waals surface area (Å²) >= 11 is 0. The van der Waals surface area contributed by atoms with Crippen LogP contribution in [0.4, 0.5) is 5.69 Å². The van der Waals surface area contributed by atoms with Crippen LogP contribution in [0.2, 0.25) is 0 Å². The number of hydrogen-bond acceptors (Lipinski definition) is 2. The van der Waals surface area contributed by atoms with E-state index in [9.17, 15) is 0 Å². The predicted molar refractivity (Wildman–Crippen MR) is 55.8 cm³/mol. The van der Waals surface area contributed by atoms with Gasteiger partial charge < -0.3 is 10.4 Å². The fraction of sp³-hybridized carbons (Fsp3) is 0.455. The van der Waals surface area contributed by atoms with E-state index in [2.05, 4.69) is 5.32 Å². The van der Waals surface area contributed by atoms with Crippen LogP contribution < -0.4 is 5.32 Å². The van der Waals surface area contributed by atoms with E-state index < -0.39 is 0 Å². The Morgan fingerprint density at radius 3 is 2.62 bits per heavy atom. The smallest absolute Gasteiger partial charge is 0.0512 e. The molecule has 0 radical (unpaired) electrons. The monoisotopic (exact) mass is 179 g/mol. The minimum Gasteiger partial charge on any atom is -0.393 e. The first kappa shape index (κ1) is 10.1. The van der Waals surface area contributed by atoms with Gasteiger partial charge in [-0.25, -0.2) is 0 Å². The number of rotatable bonds is 5. The second-order valence-electron chi connectivity index (χ2n) is 3.28. The van der Waals surface area contributed by atoms with E-state index in [-0.39, 0.29) is 6.10 Å². The molecule has 0 aromatic heterocycles. The number of aliphatic hydroxyl groups excluding tert-OH is 1. The van der Waals surface area contributed by atoms with Gasteiger partial charge >= 0.3 is 0 Å². The molecule has 0 saturated carbocycles. The molecular weight excluding hydrogens is 162 g/mol. The lowest BCUT2D eigenvalue weighted by molar-refractivity contribution is 0.183. The highest BCUT2D eigenvalue weighted by molar-refractivity contribution is 5.42. The molecule has 0 heterocycles. The van der Waals surface area contributed by atoms with Crippen molar-refractivity contribution in [3.05, 3.63) is 30.3 Å². The van der Waals surface area contributed by atoms with Crippen LogP contribution >= 0.6 is 0 Å². The molecule has 0 amide bonds. The number of nitrogens with one attached hydrogen (secondary N) is 1. The highest BCUT2D eigenvalue weighted by atomic mass is 16.3. The van der Waals surface area contributed by atoms with E-state index in [1.54, 1.807) is 0 Å². The van der Waals surface area contributed by atoms with E-state index in [0.29, 0.717) is 0 Å². The van der Waals surface area contributed by atoms with E-state index >= 15 is 0 Å². The average molecular weight is 179 g/mol. The van der Waals surface area contributed by atoms with Crippen molar-refractivity contribution in [1.82, 2.24) is 0 Å². The van der Waals surface area contributed by atoms with Crippen LogP contribution in [-0.2, 0) is 0 Å². The Morgan fingerprint density at radius 1 is 1.31 bits per heavy atom. The van der Waals surface area contributed by atoms with Crippen LogP contribution in [0.1, 0.15) is 19.8 Å². The summed E-state index contributed by atoms with van der Waals surface area (Å²) in [5, 5.41) is 12.3. The van der Waals surface area contributed by atoms with Crippen LogP contribution in [-0.4, -0.2) is 17.8 Å². The van der Waals surface area contributed by atoms with Gasteiger partial charge in [0.25, 0.3) is 0 Å². The summed E-state index contributed by atoms with van der Waals surface area (Å²) in [4.78, 5) is 0. The van der Waals surface area contributed by atoms with Crippen LogP contribution in [0.25, 0.3) is 0 Å². The molecule has 1 aromatic carbocycles. The SMILES string of the molecule is CC(O)CCCNc1ccccc1. The number of aliphatic hydroxyl groups is 1. The maximum atomic E-state index is 9.02. The third-order valence-electron chi connectivity index (χ3n) is 1.90. The average Bonchev–Trinajstić information content (AvgIpc) is 2.14. The lowest BCUT2D eigenvalue weighted by Crippen LogP contribution is -2.06. The van der Waals surface area contributed by atoms with E-state index in [4.69, 9.17) is 5.11 Å². The Balaban J connectivity index is 2.13. The molecule has 1 unspecified atom stereocenters. The summed E-state index contributed by atoms with van der Waals surface area (Å²) in [5.41, 5.74) is 1.15. The fourth-order valence-corrected chi connectivity index (χ4v) is 1.19. The van der Waals surface area contributed by atoms with Crippen molar-refractivity contribution in [3.8, 4) is 0 Å². The predicted octanol–water partition coefficient (Wildman–Crippen LogP) is 2.26. The number of benzene rings is 1. The third-order valence-corrected chi connectivity index (χ3v) is 1.90. The molecule has 1 aromatic rings. The Labute approximate surface area is 79.6 Å². The normalized spacial score (nSPS) is 12.5. The minimum absolute atomic E-state index is 0.183. The van der Waals surface area contributed by atoms with Gasteiger partial charge in [-0.05, 0) is 31.9 Å². The summed E-state index contributed by atoms with van der Waals surface area (Å²) in [5.74, 6) is 0. The summed E-state index contributed by atoms with van der Waals surface area (Å²) in [6.07, 6.45) is 1.68. The van der Waals surface area contributed by atoms with E-state index in [1.165, 1.54) is 0 Å². The zero-order chi connectivity index (χ0) is 9.52. The van der Waals surface area contributed by atoms with Crippen LogP contribution in [0.3, 0.4) is 0 Å². The largest absolute Gasteiger partial charge is 0.393 e. The first-order valence-corrected chi connectivity index (χ1v) is 4.76. The second-order valence-corrected chi connectivity index (χ2v) is 3.28. The molecule has 1 atom stereocenters. The number of anilines is 1. The van der Waals surface area contributed by atoms with Crippen molar-refractivity contribution in [3.63, 3.8) is 0 Å². The van der Waals surface area contributed by atoms with Gasteiger partial charge in [-0.3, -0.25) is 0 Å². The molecule has 0 aliphatic heterocycles. The van der Waals surface area contributed by atoms with Gasteiger partial charge in [0.05, 0.1) is 6.10 Å². The van der Waals surface area contributed by atoms with E-state index in [0.717, 1.165) is 25.1 Å². The van der Waals surface area contributed by atoms with Crippen LogP contribution in [0, 0.1) is 0 Å². The van der Waals surface area contributed by atoms with Crippen molar-refractivity contribution in [2.24, 2.45) is 0 Å². The van der Waals surface area contributed by atoms with Gasteiger partial charge in [-0.2, -0.15) is 0 Å². The van der Waals surface area contributed by atoms with Crippen LogP contribution in [0.15, 0.2) is 30.3 Å².